The lowest BCUT2D eigenvalue weighted by Crippen LogP contribution is -2.59. The van der Waals surface area contributed by atoms with E-state index in [0.717, 1.165) is 0 Å². The fraction of sp³-hybridized carbons (Fsp3) is 0.711. The zero-order chi connectivity index (χ0) is 50.3. The predicted molar refractivity (Wildman–Crippen MR) is 241 cm³/mol. The van der Waals surface area contributed by atoms with E-state index in [4.69, 9.17) is 18.9 Å². The Morgan fingerprint density at radius 2 is 0.864 bits per heavy atom. The molecule has 0 fully saturated rings. The van der Waals surface area contributed by atoms with Gasteiger partial charge in [0.2, 0.25) is 47.2 Å². The summed E-state index contributed by atoms with van der Waals surface area (Å²) in [6.45, 7) is 17.1. The molecule has 1 aromatic rings. The number of aromatic nitrogens is 1. The third kappa shape index (κ3) is 21.6. The average molecular weight is 938 g/mol. The Kier molecular flexibility index (Phi) is 26.4. The summed E-state index contributed by atoms with van der Waals surface area (Å²) in [5.74, 6) is -5.43. The van der Waals surface area contributed by atoms with Gasteiger partial charge < -0.3 is 61.1 Å². The van der Waals surface area contributed by atoms with Gasteiger partial charge in [-0.15, -0.1) is 0 Å². The third-order valence-electron chi connectivity index (χ3n) is 9.98. The van der Waals surface area contributed by atoms with E-state index < -0.39 is 95.8 Å². The average Bonchev–Trinajstić information content (AvgIpc) is 3.23. The van der Waals surface area contributed by atoms with Crippen LogP contribution in [0.4, 0.5) is 0 Å². The lowest BCUT2D eigenvalue weighted by atomic mass is 10.00. The molecule has 1 aromatic heterocycles. The molecule has 374 valence electrons. The fourth-order valence-electron chi connectivity index (χ4n) is 6.36. The van der Waals surface area contributed by atoms with E-state index in [-0.39, 0.29) is 87.2 Å². The molecule has 66 heavy (non-hydrogen) atoms. The number of amides is 6. The van der Waals surface area contributed by atoms with Crippen molar-refractivity contribution in [3.05, 3.63) is 18.2 Å². The van der Waals surface area contributed by atoms with Crippen LogP contribution in [-0.4, -0.2) is 138 Å². The summed E-state index contributed by atoms with van der Waals surface area (Å²) < 4.78 is 21.0. The molecular weight excluding hydrogens is 863 g/mol. The van der Waals surface area contributed by atoms with Crippen LogP contribution in [0.2, 0.25) is 0 Å². The van der Waals surface area contributed by atoms with E-state index in [1.54, 1.807) is 45.9 Å². The lowest BCUT2D eigenvalue weighted by Gasteiger charge is -2.27. The Balaban J connectivity index is 2.71. The Hall–Kier alpha value is -5.57. The molecular formula is C45H75N7O14. The normalized spacial score (nSPS) is 14.9. The molecule has 0 saturated carbocycles. The molecule has 1 heterocycles. The van der Waals surface area contributed by atoms with Crippen LogP contribution < -0.4 is 41.4 Å². The molecule has 1 rings (SSSR count). The SMILES string of the molecule is COC(=O)[C@@H](NC(=O)[C@H](CC(C)C)NC(=O)[C@@H](NC(=O)CCCOc1cccc(OCCCC(=O)N[C@H](C(=O)N[C@@H](CC(C)C)C(=O)N[C@H](C(=O)OC)C(C)C)C(C)O)n1)C(C)O)C(C)C. The first-order valence-corrected chi connectivity index (χ1v) is 22.5. The molecule has 0 aliphatic heterocycles. The van der Waals surface area contributed by atoms with E-state index in [9.17, 15) is 48.6 Å². The highest BCUT2D eigenvalue weighted by Gasteiger charge is 2.35. The van der Waals surface area contributed by atoms with Crippen molar-refractivity contribution in [2.75, 3.05) is 27.4 Å². The summed E-state index contributed by atoms with van der Waals surface area (Å²) >= 11 is 0. The first-order chi connectivity index (χ1) is 30.9. The smallest absolute Gasteiger partial charge is 0.328 e. The minimum Gasteiger partial charge on any atom is -0.478 e. The van der Waals surface area contributed by atoms with E-state index >= 15 is 0 Å². The van der Waals surface area contributed by atoms with Crippen LogP contribution in [-0.2, 0) is 47.8 Å². The van der Waals surface area contributed by atoms with Crippen molar-refractivity contribution in [2.45, 2.75) is 156 Å². The second-order valence-corrected chi connectivity index (χ2v) is 17.7. The van der Waals surface area contributed by atoms with Crippen molar-refractivity contribution in [2.24, 2.45) is 23.7 Å². The number of hydrogen-bond acceptors (Lipinski definition) is 15. The molecule has 6 amide bonds. The number of aliphatic hydroxyl groups is 2. The van der Waals surface area contributed by atoms with Crippen molar-refractivity contribution in [1.82, 2.24) is 36.9 Å². The minimum atomic E-state index is -1.38. The second-order valence-electron chi connectivity index (χ2n) is 17.7. The number of nitrogens with one attached hydrogen (secondary N) is 6. The number of nitrogens with zero attached hydrogens (tertiary/aromatic N) is 1. The second kappa shape index (κ2) is 29.9. The molecule has 0 aromatic carbocycles. The number of carbonyl (C=O) groups excluding carboxylic acids is 8. The van der Waals surface area contributed by atoms with Gasteiger partial charge in [0.1, 0.15) is 36.3 Å². The van der Waals surface area contributed by atoms with Gasteiger partial charge >= 0.3 is 11.9 Å². The van der Waals surface area contributed by atoms with Crippen LogP contribution in [0, 0.1) is 23.7 Å². The van der Waals surface area contributed by atoms with Gasteiger partial charge in [-0.2, -0.15) is 4.98 Å². The van der Waals surface area contributed by atoms with Crippen LogP contribution in [0.25, 0.3) is 0 Å². The first-order valence-electron chi connectivity index (χ1n) is 22.5. The number of carbonyl (C=O) groups is 8. The van der Waals surface area contributed by atoms with Gasteiger partial charge in [-0.3, -0.25) is 28.8 Å². The number of methoxy groups -OCH3 is 2. The number of pyridine rings is 1. The summed E-state index contributed by atoms with van der Waals surface area (Å²) in [4.78, 5) is 107. The van der Waals surface area contributed by atoms with E-state index in [1.165, 1.54) is 28.1 Å². The monoisotopic (exact) mass is 938 g/mol. The number of rotatable bonds is 30. The Morgan fingerprint density at radius 1 is 0.515 bits per heavy atom. The summed E-state index contributed by atoms with van der Waals surface area (Å²) in [5.41, 5.74) is 0. The van der Waals surface area contributed by atoms with Crippen molar-refractivity contribution in [3.8, 4) is 11.8 Å². The van der Waals surface area contributed by atoms with E-state index in [2.05, 4.69) is 36.9 Å². The summed E-state index contributed by atoms with van der Waals surface area (Å²) in [7, 11) is 2.42. The zero-order valence-electron chi connectivity index (χ0n) is 40.6. The molecule has 8 N–H and O–H groups in total. The van der Waals surface area contributed by atoms with Gasteiger partial charge in [0.25, 0.3) is 0 Å². The first kappa shape index (κ1) is 58.4. The van der Waals surface area contributed by atoms with Crippen LogP contribution in [0.3, 0.4) is 0 Å². The molecule has 0 aliphatic rings. The molecule has 21 nitrogen and oxygen atoms in total. The van der Waals surface area contributed by atoms with Gasteiger partial charge in [-0.25, -0.2) is 9.59 Å². The maximum Gasteiger partial charge on any atom is 0.328 e. The van der Waals surface area contributed by atoms with Gasteiger partial charge in [0, 0.05) is 25.0 Å². The van der Waals surface area contributed by atoms with Crippen LogP contribution in [0.5, 0.6) is 11.8 Å². The maximum absolute atomic E-state index is 13.3. The molecule has 21 heteroatoms. The molecule has 2 unspecified atom stereocenters. The number of hydrogen-bond donors (Lipinski definition) is 8. The van der Waals surface area contributed by atoms with E-state index in [0.29, 0.717) is 0 Å². The highest BCUT2D eigenvalue weighted by molar-refractivity contribution is 5.95. The van der Waals surface area contributed by atoms with E-state index in [1.807, 2.05) is 27.7 Å². The quantitative estimate of drug-likeness (QED) is 0.0391. The zero-order valence-corrected chi connectivity index (χ0v) is 40.6. The standard InChI is InChI=1S/C45H75N7O14/c1-24(2)22-30(40(57)51-36(26(5)6)44(61)63-11)46-42(59)38(28(9)53)48-32(55)16-14-20-65-34-18-13-19-35(50-34)66-21-15-17-33(56)49-39(29(10)54)43(60)47-31(23-25(3)4)41(58)52-37(27(7)8)45(62)64-12/h13,18-19,24-31,36-39,53-54H,14-17,20-23H2,1-12H3,(H,46,59)(H,47,60)(H,48,55)(H,49,56)(H,51,57)(H,52,58)/t28?,29?,30-,31-,36-,37-,38-,39-/m0/s1. The predicted octanol–water partition coefficient (Wildman–Crippen LogP) is 0.820. The third-order valence-corrected chi connectivity index (χ3v) is 9.98. The number of ether oxygens (including phenoxy) is 4. The highest BCUT2D eigenvalue weighted by Crippen LogP contribution is 2.15. The molecule has 0 aliphatic carbocycles. The fourth-order valence-corrected chi connectivity index (χ4v) is 6.36. The maximum atomic E-state index is 13.3. The van der Waals surface area contributed by atoms with Crippen LogP contribution in [0.1, 0.15) is 108 Å². The number of esters is 2. The largest absolute Gasteiger partial charge is 0.478 e. The van der Waals surface area contributed by atoms with Crippen LogP contribution >= 0.6 is 0 Å². The Bertz CT molecular complexity index is 1620. The van der Waals surface area contributed by atoms with Gasteiger partial charge in [0.15, 0.2) is 0 Å². The van der Waals surface area contributed by atoms with Gasteiger partial charge in [0.05, 0.1) is 39.6 Å². The topological polar surface area (TPSA) is 299 Å². The summed E-state index contributed by atoms with van der Waals surface area (Å²) in [6, 6.07) is -1.99. The van der Waals surface area contributed by atoms with Gasteiger partial charge in [-0.05, 0) is 63.2 Å². The van der Waals surface area contributed by atoms with Crippen molar-refractivity contribution in [3.63, 3.8) is 0 Å². The van der Waals surface area contributed by atoms with Crippen molar-refractivity contribution in [1.29, 1.82) is 0 Å². The van der Waals surface area contributed by atoms with Crippen LogP contribution in [0.15, 0.2) is 18.2 Å². The Morgan fingerprint density at radius 3 is 1.15 bits per heavy atom. The minimum absolute atomic E-state index is 0.0323. The summed E-state index contributed by atoms with van der Waals surface area (Å²) in [5, 5.41) is 36.2. The molecule has 0 bridgehead atoms. The van der Waals surface area contributed by atoms with Gasteiger partial charge in [-0.1, -0.05) is 61.5 Å². The number of aliphatic hydroxyl groups excluding tert-OH is 2. The Labute approximate surface area is 388 Å². The molecule has 0 saturated heterocycles. The lowest BCUT2D eigenvalue weighted by molar-refractivity contribution is -0.147. The molecule has 0 radical (unpaired) electrons. The molecule has 0 spiro atoms. The molecule has 8 atom stereocenters. The highest BCUT2D eigenvalue weighted by atomic mass is 16.5. The summed E-state index contributed by atoms with van der Waals surface area (Å²) in [6.07, 6.45) is -1.94. The van der Waals surface area contributed by atoms with Crippen molar-refractivity contribution >= 4 is 47.4 Å². The van der Waals surface area contributed by atoms with Crippen molar-refractivity contribution < 1.29 is 67.5 Å².